The van der Waals surface area contributed by atoms with E-state index in [1.165, 1.54) is 64.3 Å². The van der Waals surface area contributed by atoms with Crippen LogP contribution in [0.4, 0.5) is 5.69 Å². The molecule has 3 aromatic carbocycles. The Labute approximate surface area is 262 Å². The number of hydrogen-bond donors (Lipinski definition) is 0. The van der Waals surface area contributed by atoms with E-state index in [0.29, 0.717) is 28.0 Å². The lowest BCUT2D eigenvalue weighted by molar-refractivity contribution is 0.162. The third kappa shape index (κ3) is 7.82. The normalized spacial score (nSPS) is 14.3. The molecule has 0 unspecified atom stereocenters. The predicted octanol–water partition coefficient (Wildman–Crippen LogP) is 6.93. The van der Waals surface area contributed by atoms with Crippen LogP contribution in [0.3, 0.4) is 0 Å². The molecule has 7 nitrogen and oxygen atoms in total. The van der Waals surface area contributed by atoms with Crippen molar-refractivity contribution >= 4 is 16.7 Å². The number of rotatable bonds is 14. The van der Waals surface area contributed by atoms with Gasteiger partial charge in [-0.05, 0) is 107 Å². The van der Waals surface area contributed by atoms with Crippen molar-refractivity contribution < 1.29 is 13.9 Å². The maximum absolute atomic E-state index is 13.3. The molecule has 1 saturated heterocycles. The molecule has 0 saturated carbocycles. The molecule has 0 spiro atoms. The number of fused-ring (bicyclic) bond motifs is 1. The predicted molar refractivity (Wildman–Crippen MR) is 180 cm³/mol. The maximum Gasteiger partial charge on any atom is 0.204 e. The van der Waals surface area contributed by atoms with Crippen LogP contribution < -0.4 is 19.8 Å². The summed E-state index contributed by atoms with van der Waals surface area (Å²) in [6.45, 7) is 6.83. The molecule has 234 valence electrons. The zero-order valence-electron chi connectivity index (χ0n) is 26.8. The number of likely N-dealkylation sites (tertiary alicyclic amines) is 1. The van der Waals surface area contributed by atoms with E-state index >= 15 is 0 Å². The van der Waals surface area contributed by atoms with Crippen LogP contribution >= 0.6 is 0 Å². The Morgan fingerprint density at radius 1 is 0.864 bits per heavy atom. The SMILES string of the molecule is COc1ccc2c(=O)c(-c3ccc(N(C)CCCCN(C)CCC4CCN(Cc5ccccc5)CC4)cc3)coc2c1OC. The van der Waals surface area contributed by atoms with Gasteiger partial charge in [0.1, 0.15) is 6.26 Å². The first-order valence-electron chi connectivity index (χ1n) is 15.9. The molecule has 2 heterocycles. The van der Waals surface area contributed by atoms with E-state index in [1.54, 1.807) is 19.2 Å². The standard InChI is InChI=1S/C37H47N3O4/c1-38(23-18-28-19-24-40(25-20-28)26-29-10-6-5-7-11-29)21-8-9-22-39(2)31-14-12-30(13-15-31)33-27-44-36-32(35(33)41)16-17-34(42-3)37(36)43-4/h5-7,10-17,27-28H,8-9,18-26H2,1-4H3. The fourth-order valence-electron chi connectivity index (χ4n) is 6.25. The first-order valence-corrected chi connectivity index (χ1v) is 15.9. The van der Waals surface area contributed by atoms with Gasteiger partial charge in [0.15, 0.2) is 11.3 Å². The first-order chi connectivity index (χ1) is 21.5. The lowest BCUT2D eigenvalue weighted by Gasteiger charge is -2.32. The number of ether oxygens (including phenoxy) is 2. The average molecular weight is 598 g/mol. The van der Waals surface area contributed by atoms with E-state index in [-0.39, 0.29) is 5.43 Å². The monoisotopic (exact) mass is 597 g/mol. The third-order valence-corrected chi connectivity index (χ3v) is 9.06. The van der Waals surface area contributed by atoms with Crippen molar-refractivity contribution in [3.8, 4) is 22.6 Å². The zero-order chi connectivity index (χ0) is 30.9. The van der Waals surface area contributed by atoms with Gasteiger partial charge in [0.25, 0.3) is 0 Å². The number of anilines is 1. The summed E-state index contributed by atoms with van der Waals surface area (Å²) in [6, 6.07) is 22.4. The van der Waals surface area contributed by atoms with Crippen LogP contribution in [0.25, 0.3) is 22.1 Å². The molecule has 1 aromatic heterocycles. The van der Waals surface area contributed by atoms with E-state index in [0.717, 1.165) is 43.2 Å². The lowest BCUT2D eigenvalue weighted by atomic mass is 9.93. The van der Waals surface area contributed by atoms with Gasteiger partial charge in [0.05, 0.1) is 25.2 Å². The summed E-state index contributed by atoms with van der Waals surface area (Å²) in [7, 11) is 7.50. The summed E-state index contributed by atoms with van der Waals surface area (Å²) in [5.41, 5.74) is 4.22. The molecule has 0 bridgehead atoms. The molecule has 0 N–H and O–H groups in total. The number of piperidine rings is 1. The van der Waals surface area contributed by atoms with Crippen molar-refractivity contribution in [3.05, 3.63) is 88.8 Å². The van der Waals surface area contributed by atoms with Crippen molar-refractivity contribution in [2.45, 2.75) is 38.6 Å². The molecule has 7 heteroatoms. The highest BCUT2D eigenvalue weighted by Gasteiger charge is 2.20. The van der Waals surface area contributed by atoms with Crippen LogP contribution in [-0.4, -0.2) is 70.8 Å². The summed E-state index contributed by atoms with van der Waals surface area (Å²) in [5.74, 6) is 1.80. The molecule has 4 aromatic rings. The number of hydrogen-bond acceptors (Lipinski definition) is 7. The van der Waals surface area contributed by atoms with Crippen LogP contribution in [-0.2, 0) is 6.54 Å². The van der Waals surface area contributed by atoms with Crippen molar-refractivity contribution in [1.29, 1.82) is 0 Å². The zero-order valence-corrected chi connectivity index (χ0v) is 26.8. The molecule has 0 amide bonds. The fourth-order valence-corrected chi connectivity index (χ4v) is 6.25. The van der Waals surface area contributed by atoms with Crippen LogP contribution in [0.5, 0.6) is 11.5 Å². The van der Waals surface area contributed by atoms with E-state index in [1.807, 2.05) is 12.1 Å². The summed E-state index contributed by atoms with van der Waals surface area (Å²) in [5, 5.41) is 0.468. The quantitative estimate of drug-likeness (QED) is 0.146. The molecule has 1 aliphatic heterocycles. The molecular weight excluding hydrogens is 550 g/mol. The Hall–Kier alpha value is -3.81. The van der Waals surface area contributed by atoms with Gasteiger partial charge >= 0.3 is 0 Å². The van der Waals surface area contributed by atoms with Gasteiger partial charge in [-0.3, -0.25) is 9.69 Å². The highest BCUT2D eigenvalue weighted by molar-refractivity contribution is 5.88. The van der Waals surface area contributed by atoms with E-state index in [4.69, 9.17) is 13.9 Å². The number of methoxy groups -OCH3 is 2. The van der Waals surface area contributed by atoms with Gasteiger partial charge in [0.2, 0.25) is 11.2 Å². The number of nitrogens with zero attached hydrogens (tertiary/aromatic N) is 3. The van der Waals surface area contributed by atoms with E-state index in [9.17, 15) is 4.79 Å². The largest absolute Gasteiger partial charge is 0.493 e. The van der Waals surface area contributed by atoms with E-state index < -0.39 is 0 Å². The molecule has 0 aliphatic carbocycles. The van der Waals surface area contributed by atoms with Gasteiger partial charge in [-0.1, -0.05) is 42.5 Å². The smallest absolute Gasteiger partial charge is 0.204 e. The summed E-state index contributed by atoms with van der Waals surface area (Å²) >= 11 is 0. The molecule has 5 rings (SSSR count). The second-order valence-corrected chi connectivity index (χ2v) is 12.1. The number of unbranched alkanes of at least 4 members (excludes halogenated alkanes) is 1. The Bertz CT molecular complexity index is 1530. The van der Waals surface area contributed by atoms with Crippen molar-refractivity contribution in [2.24, 2.45) is 5.92 Å². The van der Waals surface area contributed by atoms with Crippen LogP contribution in [0, 0.1) is 5.92 Å². The van der Waals surface area contributed by atoms with E-state index in [2.05, 4.69) is 71.3 Å². The minimum Gasteiger partial charge on any atom is -0.493 e. The molecule has 1 fully saturated rings. The second kappa shape index (κ2) is 15.3. The van der Waals surface area contributed by atoms with Crippen molar-refractivity contribution in [2.75, 3.05) is 65.9 Å². The summed E-state index contributed by atoms with van der Waals surface area (Å²) < 4.78 is 16.6. The molecule has 44 heavy (non-hydrogen) atoms. The lowest BCUT2D eigenvalue weighted by Crippen LogP contribution is -2.34. The highest BCUT2D eigenvalue weighted by atomic mass is 16.5. The Morgan fingerprint density at radius 3 is 2.30 bits per heavy atom. The van der Waals surface area contributed by atoms with Gasteiger partial charge in [-0.2, -0.15) is 0 Å². The Balaban J connectivity index is 1.03. The minimum atomic E-state index is -0.0917. The maximum atomic E-state index is 13.3. The fraction of sp³-hybridized carbons (Fsp3) is 0.432. The van der Waals surface area contributed by atoms with Gasteiger partial charge in [0, 0.05) is 25.8 Å². The van der Waals surface area contributed by atoms with Crippen molar-refractivity contribution in [3.63, 3.8) is 0 Å². The van der Waals surface area contributed by atoms with Gasteiger partial charge in [-0.25, -0.2) is 0 Å². The second-order valence-electron chi connectivity index (χ2n) is 12.1. The molecule has 0 atom stereocenters. The Kier molecular flexibility index (Phi) is 11.0. The van der Waals surface area contributed by atoms with Crippen LogP contribution in [0.15, 0.2) is 82.2 Å². The topological polar surface area (TPSA) is 58.4 Å². The summed E-state index contributed by atoms with van der Waals surface area (Å²) in [6.07, 6.45) is 7.77. The van der Waals surface area contributed by atoms with Crippen molar-refractivity contribution in [1.82, 2.24) is 9.80 Å². The van der Waals surface area contributed by atoms with Gasteiger partial charge in [-0.15, -0.1) is 0 Å². The Morgan fingerprint density at radius 2 is 1.59 bits per heavy atom. The highest BCUT2D eigenvalue weighted by Crippen LogP contribution is 2.35. The van der Waals surface area contributed by atoms with Crippen LogP contribution in [0.1, 0.15) is 37.7 Å². The first kappa shape index (κ1) is 31.6. The van der Waals surface area contributed by atoms with Gasteiger partial charge < -0.3 is 23.7 Å². The molecular formula is C37H47N3O4. The van der Waals surface area contributed by atoms with Crippen LogP contribution in [0.2, 0.25) is 0 Å². The third-order valence-electron chi connectivity index (χ3n) is 9.06. The molecule has 0 radical (unpaired) electrons. The minimum absolute atomic E-state index is 0.0917. The molecule has 1 aliphatic rings. The average Bonchev–Trinajstić information content (AvgIpc) is 3.06. The summed E-state index contributed by atoms with van der Waals surface area (Å²) in [4.78, 5) is 20.7. The number of benzene rings is 3.